The van der Waals surface area contributed by atoms with Gasteiger partial charge in [0.05, 0.1) is 0 Å². The van der Waals surface area contributed by atoms with Crippen LogP contribution in [-0.2, 0) is 10.4 Å². The topological polar surface area (TPSA) is 66.8 Å². The van der Waals surface area contributed by atoms with E-state index in [4.69, 9.17) is 5.11 Å². The summed E-state index contributed by atoms with van der Waals surface area (Å²) >= 11 is 0. The minimum Gasteiger partial charge on any atom is -0.479 e. The van der Waals surface area contributed by atoms with Gasteiger partial charge in [0.25, 0.3) is 0 Å². The number of carboxylic acids is 1. The molecule has 2 atom stereocenters. The number of carboxylic acid groups (broad SMARTS) is 1. The maximum atomic E-state index is 13.4. The van der Waals surface area contributed by atoms with E-state index in [-0.39, 0.29) is 5.56 Å². The van der Waals surface area contributed by atoms with Crippen molar-refractivity contribution in [2.24, 2.45) is 0 Å². The molecule has 0 radical (unpaired) electrons. The molecule has 2 unspecified atom stereocenters. The fourth-order valence-electron chi connectivity index (χ4n) is 1.46. The lowest BCUT2D eigenvalue weighted by Crippen LogP contribution is -2.39. The summed E-state index contributed by atoms with van der Waals surface area (Å²) in [4.78, 5) is 10.5. The predicted octanol–water partition coefficient (Wildman–Crippen LogP) is 1.92. The molecule has 100 valence electrons. The lowest BCUT2D eigenvalue weighted by molar-refractivity contribution is -0.154. The molecule has 0 spiro atoms. The summed E-state index contributed by atoms with van der Waals surface area (Å²) in [7, 11) is 0. The van der Waals surface area contributed by atoms with Crippen molar-refractivity contribution in [1.29, 1.82) is 0 Å². The highest BCUT2D eigenvalue weighted by Gasteiger charge is 2.41. The van der Waals surface area contributed by atoms with Crippen LogP contribution in [0, 0.1) is 0 Å². The number of hydrogen-bond donors (Lipinski definition) is 2. The van der Waals surface area contributed by atoms with Gasteiger partial charge in [-0.3, -0.25) is 0 Å². The average molecular weight is 264 g/mol. The molecule has 0 aliphatic heterocycles. The zero-order chi connectivity index (χ0) is 13.9. The first-order valence-electron chi connectivity index (χ1n) is 4.90. The van der Waals surface area contributed by atoms with E-state index < -0.39 is 30.1 Å². The average Bonchev–Trinajstić information content (AvgIpc) is 2.27. The zero-order valence-electron chi connectivity index (χ0n) is 9.31. The van der Waals surface area contributed by atoms with Crippen molar-refractivity contribution >= 4 is 5.97 Å². The summed E-state index contributed by atoms with van der Waals surface area (Å²) in [6, 6.07) is 4.89. The molecule has 0 bridgehead atoms. The standard InChI is InChI=1S/C11H11F3O4/c1-11(17,8(12)9(15)16)6-4-2-3-5-7(6)18-10(13)14/h2-5,8,10,17H,1H3,(H,15,16). The summed E-state index contributed by atoms with van der Waals surface area (Å²) in [5, 5.41) is 18.4. The predicted molar refractivity (Wildman–Crippen MR) is 55.2 cm³/mol. The Hall–Kier alpha value is -1.76. The first kappa shape index (κ1) is 14.3. The number of benzene rings is 1. The third kappa shape index (κ3) is 2.92. The second-order valence-electron chi connectivity index (χ2n) is 3.72. The lowest BCUT2D eigenvalue weighted by atomic mass is 9.90. The van der Waals surface area contributed by atoms with Crippen LogP contribution >= 0.6 is 0 Å². The summed E-state index contributed by atoms with van der Waals surface area (Å²) < 4.78 is 41.8. The minimum absolute atomic E-state index is 0.361. The number of ether oxygens (including phenoxy) is 1. The highest BCUT2D eigenvalue weighted by Crippen LogP contribution is 2.34. The van der Waals surface area contributed by atoms with Gasteiger partial charge in [-0.05, 0) is 13.0 Å². The molecule has 0 amide bonds. The third-order valence-electron chi connectivity index (χ3n) is 2.36. The van der Waals surface area contributed by atoms with E-state index in [0.717, 1.165) is 19.1 Å². The Bertz CT molecular complexity index is 434. The van der Waals surface area contributed by atoms with Gasteiger partial charge in [0.2, 0.25) is 6.17 Å². The SMILES string of the molecule is CC(O)(c1ccccc1OC(F)F)C(F)C(=O)O. The van der Waals surface area contributed by atoms with Gasteiger partial charge < -0.3 is 14.9 Å². The molecule has 0 aromatic heterocycles. The molecule has 7 heteroatoms. The van der Waals surface area contributed by atoms with Crippen LogP contribution in [0.1, 0.15) is 12.5 Å². The number of aliphatic carboxylic acids is 1. The maximum Gasteiger partial charge on any atom is 0.387 e. The van der Waals surface area contributed by atoms with E-state index in [2.05, 4.69) is 4.74 Å². The van der Waals surface area contributed by atoms with E-state index >= 15 is 0 Å². The van der Waals surface area contributed by atoms with Crippen LogP contribution < -0.4 is 4.74 Å². The van der Waals surface area contributed by atoms with Crippen LogP contribution in [0.25, 0.3) is 0 Å². The van der Waals surface area contributed by atoms with Crippen LogP contribution in [0.4, 0.5) is 13.2 Å². The Labute approximate surface area is 101 Å². The Kier molecular flexibility index (Phi) is 4.18. The number of para-hydroxylation sites is 1. The molecule has 2 N–H and O–H groups in total. The molecule has 0 aliphatic rings. The molecule has 18 heavy (non-hydrogen) atoms. The second-order valence-corrected chi connectivity index (χ2v) is 3.72. The van der Waals surface area contributed by atoms with Crippen molar-refractivity contribution in [1.82, 2.24) is 0 Å². The first-order chi connectivity index (χ1) is 8.26. The fraction of sp³-hybridized carbons (Fsp3) is 0.364. The Morgan fingerprint density at radius 3 is 2.39 bits per heavy atom. The quantitative estimate of drug-likeness (QED) is 0.852. The number of rotatable bonds is 5. The van der Waals surface area contributed by atoms with Gasteiger partial charge in [-0.25, -0.2) is 9.18 Å². The second kappa shape index (κ2) is 5.26. The minimum atomic E-state index is -3.16. The number of hydrogen-bond acceptors (Lipinski definition) is 3. The van der Waals surface area contributed by atoms with Crippen LogP contribution in [0.3, 0.4) is 0 Å². The molecule has 0 fully saturated rings. The van der Waals surface area contributed by atoms with E-state index in [0.29, 0.717) is 0 Å². The highest BCUT2D eigenvalue weighted by molar-refractivity contribution is 5.74. The van der Waals surface area contributed by atoms with Crippen LogP contribution in [0.2, 0.25) is 0 Å². The Balaban J connectivity index is 3.19. The number of alkyl halides is 3. The van der Waals surface area contributed by atoms with Gasteiger partial charge >= 0.3 is 12.6 Å². The monoisotopic (exact) mass is 264 g/mol. The van der Waals surface area contributed by atoms with Crippen molar-refractivity contribution in [3.05, 3.63) is 29.8 Å². The van der Waals surface area contributed by atoms with E-state index in [1.807, 2.05) is 0 Å². The molecule has 0 aliphatic carbocycles. The van der Waals surface area contributed by atoms with Gasteiger partial charge in [0.15, 0.2) is 0 Å². The molecule has 1 rings (SSSR count). The van der Waals surface area contributed by atoms with Crippen molar-refractivity contribution in [3.8, 4) is 5.75 Å². The van der Waals surface area contributed by atoms with E-state index in [1.54, 1.807) is 0 Å². The van der Waals surface area contributed by atoms with Crippen molar-refractivity contribution < 1.29 is 32.9 Å². The largest absolute Gasteiger partial charge is 0.479 e. The summed E-state index contributed by atoms with van der Waals surface area (Å²) in [6.45, 7) is -2.29. The molecule has 4 nitrogen and oxygen atoms in total. The molecular weight excluding hydrogens is 253 g/mol. The number of carbonyl (C=O) groups is 1. The molecule has 0 heterocycles. The molecule has 1 aromatic rings. The van der Waals surface area contributed by atoms with Gasteiger partial charge in [-0.2, -0.15) is 8.78 Å². The van der Waals surface area contributed by atoms with Crippen LogP contribution in [0.5, 0.6) is 5.75 Å². The normalized spacial score (nSPS) is 16.1. The number of halogens is 3. The number of aliphatic hydroxyl groups is 1. The molecule has 1 aromatic carbocycles. The summed E-state index contributed by atoms with van der Waals surface area (Å²) in [5.74, 6) is -2.37. The van der Waals surface area contributed by atoms with Gasteiger partial charge in [-0.1, -0.05) is 18.2 Å². The fourth-order valence-corrected chi connectivity index (χ4v) is 1.46. The van der Waals surface area contributed by atoms with Gasteiger partial charge in [-0.15, -0.1) is 0 Å². The van der Waals surface area contributed by atoms with E-state index in [1.165, 1.54) is 12.1 Å². The Morgan fingerprint density at radius 1 is 1.33 bits per heavy atom. The summed E-state index contributed by atoms with van der Waals surface area (Å²) in [6.07, 6.45) is -2.67. The maximum absolute atomic E-state index is 13.4. The zero-order valence-corrected chi connectivity index (χ0v) is 9.31. The first-order valence-corrected chi connectivity index (χ1v) is 4.90. The molecule has 0 saturated heterocycles. The summed E-state index contributed by atoms with van der Waals surface area (Å²) in [5.41, 5.74) is -2.84. The van der Waals surface area contributed by atoms with Crippen molar-refractivity contribution in [2.45, 2.75) is 25.3 Å². The molecule has 0 saturated carbocycles. The highest BCUT2D eigenvalue weighted by atomic mass is 19.3. The lowest BCUT2D eigenvalue weighted by Gasteiger charge is -2.27. The van der Waals surface area contributed by atoms with E-state index in [9.17, 15) is 23.1 Å². The van der Waals surface area contributed by atoms with Crippen LogP contribution in [0.15, 0.2) is 24.3 Å². The van der Waals surface area contributed by atoms with Gasteiger partial charge in [0.1, 0.15) is 11.4 Å². The molecular formula is C11H11F3O4. The Morgan fingerprint density at radius 2 is 1.89 bits per heavy atom. The van der Waals surface area contributed by atoms with Crippen LogP contribution in [-0.4, -0.2) is 29.0 Å². The smallest absolute Gasteiger partial charge is 0.387 e. The third-order valence-corrected chi connectivity index (χ3v) is 2.36. The van der Waals surface area contributed by atoms with Crippen molar-refractivity contribution in [3.63, 3.8) is 0 Å². The van der Waals surface area contributed by atoms with Gasteiger partial charge in [0, 0.05) is 5.56 Å². The van der Waals surface area contributed by atoms with Crippen molar-refractivity contribution in [2.75, 3.05) is 0 Å².